The normalized spacial score (nSPS) is 10.8. The summed E-state index contributed by atoms with van der Waals surface area (Å²) >= 11 is 6.07. The van der Waals surface area contributed by atoms with Crippen LogP contribution in [0.3, 0.4) is 0 Å². The van der Waals surface area contributed by atoms with Crippen LogP contribution >= 0.6 is 11.6 Å². The third-order valence-corrected chi connectivity index (χ3v) is 3.17. The van der Waals surface area contributed by atoms with Crippen molar-refractivity contribution in [3.63, 3.8) is 0 Å². The van der Waals surface area contributed by atoms with Gasteiger partial charge in [-0.2, -0.15) is 5.10 Å². The molecule has 5 nitrogen and oxygen atoms in total. The number of halogens is 1. The molecule has 0 amide bonds. The van der Waals surface area contributed by atoms with Crippen LogP contribution in [-0.2, 0) is 6.42 Å². The third kappa shape index (κ3) is 2.47. The van der Waals surface area contributed by atoms with Crippen molar-refractivity contribution in [1.82, 2.24) is 14.8 Å². The number of benzene rings is 1. The van der Waals surface area contributed by atoms with Gasteiger partial charge in [0.25, 0.3) is 0 Å². The fourth-order valence-electron chi connectivity index (χ4n) is 1.74. The predicted octanol–water partition coefficient (Wildman–Crippen LogP) is 1.41. The molecule has 0 unspecified atom stereocenters. The molecule has 0 saturated heterocycles. The number of nitrogens with zero attached hydrogens (tertiary/aromatic N) is 2. The van der Waals surface area contributed by atoms with E-state index in [-0.39, 0.29) is 5.69 Å². The monoisotopic (exact) mass is 266 g/mol. The van der Waals surface area contributed by atoms with E-state index in [1.54, 1.807) is 6.07 Å². The highest BCUT2D eigenvalue weighted by Gasteiger charge is 2.10. The molecule has 1 aromatic carbocycles. The summed E-state index contributed by atoms with van der Waals surface area (Å²) in [6.07, 6.45) is 1.44. The number of nitrogens with one attached hydrogen (secondary N) is 1. The summed E-state index contributed by atoms with van der Waals surface area (Å²) in [5.74, 6) is 0.672. The Hall–Kier alpha value is -1.59. The van der Waals surface area contributed by atoms with Gasteiger partial charge in [0.2, 0.25) is 0 Å². The van der Waals surface area contributed by atoms with Crippen molar-refractivity contribution in [1.29, 1.82) is 0 Å². The second-order valence-corrected chi connectivity index (χ2v) is 4.51. The number of hydrogen-bond donors (Lipinski definition) is 2. The molecular weight excluding hydrogens is 252 g/mol. The largest absolute Gasteiger partial charge is 0.347 e. The maximum Gasteiger partial charge on any atom is 0.347 e. The average molecular weight is 267 g/mol. The van der Waals surface area contributed by atoms with Crippen LogP contribution in [0.4, 0.5) is 0 Å². The molecule has 0 bridgehead atoms. The number of nitrogens with two attached hydrogens (primary N) is 1. The van der Waals surface area contributed by atoms with Gasteiger partial charge in [0.05, 0.1) is 5.69 Å². The zero-order chi connectivity index (χ0) is 13.1. The Morgan fingerprint density at radius 3 is 2.94 bits per heavy atom. The summed E-state index contributed by atoms with van der Waals surface area (Å²) in [6, 6.07) is 5.49. The van der Waals surface area contributed by atoms with Gasteiger partial charge in [0, 0.05) is 11.4 Å². The lowest BCUT2D eigenvalue weighted by Gasteiger charge is -2.07. The number of aromatic amines is 1. The van der Waals surface area contributed by atoms with Crippen molar-refractivity contribution < 1.29 is 0 Å². The molecule has 0 aliphatic heterocycles. The van der Waals surface area contributed by atoms with Gasteiger partial charge < -0.3 is 5.73 Å². The van der Waals surface area contributed by atoms with Crippen LogP contribution in [0.15, 0.2) is 23.0 Å². The number of rotatable bonds is 4. The van der Waals surface area contributed by atoms with E-state index in [2.05, 4.69) is 10.2 Å². The first-order valence-corrected chi connectivity index (χ1v) is 6.14. The Labute approximate surface area is 110 Å². The van der Waals surface area contributed by atoms with Crippen molar-refractivity contribution in [2.75, 3.05) is 6.54 Å². The van der Waals surface area contributed by atoms with Crippen molar-refractivity contribution in [2.24, 2.45) is 5.73 Å². The molecule has 2 rings (SSSR count). The van der Waals surface area contributed by atoms with Crippen LogP contribution in [0.1, 0.15) is 17.8 Å². The van der Waals surface area contributed by atoms with Crippen molar-refractivity contribution in [2.45, 2.75) is 19.8 Å². The average Bonchev–Trinajstić information content (AvgIpc) is 2.71. The quantitative estimate of drug-likeness (QED) is 0.879. The van der Waals surface area contributed by atoms with Gasteiger partial charge in [-0.3, -0.25) is 0 Å². The van der Waals surface area contributed by atoms with Crippen LogP contribution in [0.2, 0.25) is 5.02 Å². The van der Waals surface area contributed by atoms with Crippen LogP contribution < -0.4 is 11.4 Å². The van der Waals surface area contributed by atoms with Gasteiger partial charge in [-0.05, 0) is 37.6 Å². The smallest absolute Gasteiger partial charge is 0.330 e. The summed E-state index contributed by atoms with van der Waals surface area (Å²) in [7, 11) is 0. The third-order valence-electron chi connectivity index (χ3n) is 2.76. The fraction of sp³-hybridized carbons (Fsp3) is 0.333. The highest BCUT2D eigenvalue weighted by Crippen LogP contribution is 2.19. The first-order valence-electron chi connectivity index (χ1n) is 5.76. The Morgan fingerprint density at radius 2 is 2.28 bits per heavy atom. The van der Waals surface area contributed by atoms with Crippen molar-refractivity contribution >= 4 is 11.6 Å². The van der Waals surface area contributed by atoms with E-state index in [0.29, 0.717) is 23.8 Å². The van der Waals surface area contributed by atoms with E-state index in [0.717, 1.165) is 17.7 Å². The molecule has 0 aliphatic carbocycles. The molecule has 0 saturated carbocycles. The predicted molar refractivity (Wildman–Crippen MR) is 71.3 cm³/mol. The topological polar surface area (TPSA) is 76.7 Å². The molecule has 1 heterocycles. The Morgan fingerprint density at radius 1 is 1.50 bits per heavy atom. The highest BCUT2D eigenvalue weighted by molar-refractivity contribution is 6.31. The standard InChI is InChI=1S/C12H15ClN4O/c1-8-4-5-9(7-10(8)13)17-11(3-2-6-14)15-16-12(17)18/h4-5,7H,2-3,6,14H2,1H3,(H,16,18). The molecule has 1 aromatic heterocycles. The van der Waals surface area contributed by atoms with Gasteiger partial charge in [-0.25, -0.2) is 14.5 Å². The molecule has 96 valence electrons. The number of aromatic nitrogens is 3. The first kappa shape index (κ1) is 12.9. The molecule has 6 heteroatoms. The van der Waals surface area contributed by atoms with E-state index >= 15 is 0 Å². The molecule has 0 atom stereocenters. The molecular formula is C12H15ClN4O. The van der Waals surface area contributed by atoms with Crippen LogP contribution in [0.5, 0.6) is 0 Å². The second kappa shape index (κ2) is 5.37. The Balaban J connectivity index is 2.45. The number of hydrogen-bond acceptors (Lipinski definition) is 3. The maximum absolute atomic E-state index is 11.8. The van der Waals surface area contributed by atoms with Gasteiger partial charge in [-0.15, -0.1) is 0 Å². The molecule has 0 radical (unpaired) electrons. The second-order valence-electron chi connectivity index (χ2n) is 4.11. The van der Waals surface area contributed by atoms with Crippen molar-refractivity contribution in [3.8, 4) is 5.69 Å². The molecule has 18 heavy (non-hydrogen) atoms. The van der Waals surface area contributed by atoms with Crippen LogP contribution in [-0.4, -0.2) is 21.3 Å². The molecule has 3 N–H and O–H groups in total. The van der Waals surface area contributed by atoms with E-state index in [9.17, 15) is 4.79 Å². The van der Waals surface area contributed by atoms with E-state index < -0.39 is 0 Å². The minimum Gasteiger partial charge on any atom is -0.330 e. The van der Waals surface area contributed by atoms with Crippen molar-refractivity contribution in [3.05, 3.63) is 45.1 Å². The molecule has 0 spiro atoms. The summed E-state index contributed by atoms with van der Waals surface area (Å²) in [4.78, 5) is 11.8. The van der Waals surface area contributed by atoms with Gasteiger partial charge in [0.1, 0.15) is 5.82 Å². The van der Waals surface area contributed by atoms with E-state index in [1.165, 1.54) is 4.57 Å². The Kier molecular flexibility index (Phi) is 3.84. The SMILES string of the molecule is Cc1ccc(-n2c(CCCN)n[nH]c2=O)cc1Cl. The first-order chi connectivity index (χ1) is 8.63. The summed E-state index contributed by atoms with van der Waals surface area (Å²) < 4.78 is 1.53. The molecule has 2 aromatic rings. The fourth-order valence-corrected chi connectivity index (χ4v) is 1.92. The minimum absolute atomic E-state index is 0.262. The van der Waals surface area contributed by atoms with Gasteiger partial charge in [0.15, 0.2) is 0 Å². The van der Waals surface area contributed by atoms with Gasteiger partial charge >= 0.3 is 5.69 Å². The number of H-pyrrole nitrogens is 1. The van der Waals surface area contributed by atoms with Crippen LogP contribution in [0.25, 0.3) is 5.69 Å². The highest BCUT2D eigenvalue weighted by atomic mass is 35.5. The Bertz CT molecular complexity index is 602. The summed E-state index contributed by atoms with van der Waals surface area (Å²) in [5.41, 5.74) is 6.90. The van der Waals surface area contributed by atoms with E-state index in [4.69, 9.17) is 17.3 Å². The number of aryl methyl sites for hydroxylation is 2. The van der Waals surface area contributed by atoms with Crippen LogP contribution in [0, 0.1) is 6.92 Å². The van der Waals surface area contributed by atoms with Gasteiger partial charge in [-0.1, -0.05) is 17.7 Å². The molecule has 0 fully saturated rings. The summed E-state index contributed by atoms with van der Waals surface area (Å²) in [5, 5.41) is 7.09. The van der Waals surface area contributed by atoms with E-state index in [1.807, 2.05) is 19.1 Å². The summed E-state index contributed by atoms with van der Waals surface area (Å²) in [6.45, 7) is 2.48. The lowest BCUT2D eigenvalue weighted by Crippen LogP contribution is -2.17. The lowest BCUT2D eigenvalue weighted by atomic mass is 10.2. The zero-order valence-corrected chi connectivity index (χ0v) is 10.9. The lowest BCUT2D eigenvalue weighted by molar-refractivity contribution is 0.757. The zero-order valence-electron chi connectivity index (χ0n) is 10.1. The minimum atomic E-state index is -0.262. The molecule has 0 aliphatic rings. The maximum atomic E-state index is 11.8.